The molecule has 0 spiro atoms. The molecule has 4 aliphatic rings. The molecule has 61 heavy (non-hydrogen) atoms. The van der Waals surface area contributed by atoms with Crippen LogP contribution in [0.3, 0.4) is 0 Å². The van der Waals surface area contributed by atoms with Crippen molar-refractivity contribution >= 4 is 29.6 Å². The Morgan fingerprint density at radius 2 is 1.39 bits per heavy atom. The summed E-state index contributed by atoms with van der Waals surface area (Å²) >= 11 is 0. The summed E-state index contributed by atoms with van der Waals surface area (Å²) in [6.45, 7) is 44.9. The zero-order valence-electron chi connectivity index (χ0n) is 41.7. The number of carbonyl (C=O) groups excluding carboxylic acids is 2. The second-order valence-electron chi connectivity index (χ2n) is 15.9. The smallest absolute Gasteiger partial charge is 0.343 e. The van der Waals surface area contributed by atoms with E-state index in [0.717, 1.165) is 68.6 Å². The van der Waals surface area contributed by atoms with Crippen molar-refractivity contribution in [3.05, 3.63) is 118 Å². The van der Waals surface area contributed by atoms with Crippen molar-refractivity contribution in [3.63, 3.8) is 0 Å². The standard InChI is InChI=1S/C23H27NO.C20H22O2.C4H10.4C2H6.CH2O.H2/c1-5-8-15-11-18-19(14-25-22(18)20(12-15)23(2,3)4)21-17-10-7-6-9-16(17)13-24-21;1-5-13(2)7-6-8-15-11-16-14(3)19(21)22-18(16)17(12-15)20(4)9-10-20;1-3-4-2;5*1-2;/h6-7,9-12,24H,5,8,13-14H2,1-4H3;11-12H,1,3,6-10H2,2,4H3;3-4H2,1-2H3;4*1-2H3;1H2;1H/b21-19+;;;;;;;;. The molecule has 3 aromatic rings. The highest BCUT2D eigenvalue weighted by Crippen LogP contribution is 2.54. The fraction of sp³-hybridized carbons (Fsp3) is 0.518. The normalized spacial score (nSPS) is 15.0. The summed E-state index contributed by atoms with van der Waals surface area (Å²) in [4.78, 5) is 19.8. The maximum Gasteiger partial charge on any atom is 0.343 e. The van der Waals surface area contributed by atoms with Crippen LogP contribution >= 0.6 is 0 Å². The van der Waals surface area contributed by atoms with Crippen molar-refractivity contribution in [2.45, 2.75) is 186 Å². The summed E-state index contributed by atoms with van der Waals surface area (Å²) in [6.07, 6.45) is 10.3. The lowest BCUT2D eigenvalue weighted by atomic mass is 9.83. The van der Waals surface area contributed by atoms with Crippen molar-refractivity contribution in [1.29, 1.82) is 0 Å². The molecule has 0 unspecified atom stereocenters. The molecule has 1 saturated carbocycles. The summed E-state index contributed by atoms with van der Waals surface area (Å²) in [7, 11) is 0. The number of benzene rings is 3. The molecule has 3 aromatic carbocycles. The van der Waals surface area contributed by atoms with Gasteiger partial charge in [0.15, 0.2) is 0 Å². The third-order valence-electron chi connectivity index (χ3n) is 10.6. The summed E-state index contributed by atoms with van der Waals surface area (Å²) in [5.41, 5.74) is 17.5. The third kappa shape index (κ3) is 15.4. The van der Waals surface area contributed by atoms with Gasteiger partial charge in [0.2, 0.25) is 0 Å². The lowest BCUT2D eigenvalue weighted by Crippen LogP contribution is -2.13. The topological polar surface area (TPSA) is 64.6 Å². The molecule has 340 valence electrons. The number of fused-ring (bicyclic) bond motifs is 3. The molecule has 0 saturated heterocycles. The number of aryl methyl sites for hydroxylation is 2. The van der Waals surface area contributed by atoms with E-state index < -0.39 is 0 Å². The van der Waals surface area contributed by atoms with Gasteiger partial charge in [0, 0.05) is 47.1 Å². The molecule has 0 radical (unpaired) electrons. The minimum atomic E-state index is -0.303. The molecule has 5 nitrogen and oxygen atoms in total. The average Bonchev–Trinajstić information content (AvgIpc) is 3.56. The first kappa shape index (κ1) is 56.4. The molecule has 3 aliphatic heterocycles. The zero-order valence-corrected chi connectivity index (χ0v) is 41.7. The second kappa shape index (κ2) is 28.8. The number of allylic oxidation sites excluding steroid dienone is 1. The molecular weight excluding hydrogens is 751 g/mol. The van der Waals surface area contributed by atoms with Crippen LogP contribution in [0, 0.1) is 0 Å². The SMILES string of the molecule is C=C=C(C)CCCc1cc2c(c(C3(C)CC3)c1)OC(=O)C2=C.C=O.CC.CC.CC.CC.CCCC.CCCc1cc2c(c(C(C)(C)C)c1)OC/C2=C1\NCc2ccccc21.[HH]. The van der Waals surface area contributed by atoms with Crippen LogP contribution in [-0.2, 0) is 39.8 Å². The molecule has 7 rings (SSSR count). The number of nitrogens with one attached hydrogen (secondary N) is 1. The minimum Gasteiger partial charge on any atom is -0.488 e. The fourth-order valence-electron chi connectivity index (χ4n) is 6.94. The number of esters is 1. The van der Waals surface area contributed by atoms with Gasteiger partial charge in [-0.1, -0.05) is 173 Å². The predicted octanol–water partition coefficient (Wildman–Crippen LogP) is 16.0. The van der Waals surface area contributed by atoms with Crippen molar-refractivity contribution in [1.82, 2.24) is 5.32 Å². The summed E-state index contributed by atoms with van der Waals surface area (Å²) in [6, 6.07) is 17.7. The molecule has 0 amide bonds. The molecule has 1 N–H and O–H groups in total. The Labute approximate surface area is 375 Å². The van der Waals surface area contributed by atoms with E-state index in [-0.39, 0.29) is 18.2 Å². The molecule has 1 fully saturated rings. The van der Waals surface area contributed by atoms with E-state index in [1.165, 1.54) is 68.6 Å². The molecule has 0 atom stereocenters. The van der Waals surface area contributed by atoms with Crippen LogP contribution in [0.25, 0.3) is 16.8 Å². The van der Waals surface area contributed by atoms with Crippen LogP contribution in [0.15, 0.2) is 73.0 Å². The van der Waals surface area contributed by atoms with Gasteiger partial charge in [-0.25, -0.2) is 4.79 Å². The number of carbonyl (C=O) groups is 2. The van der Waals surface area contributed by atoms with Crippen LogP contribution in [0.5, 0.6) is 11.5 Å². The van der Waals surface area contributed by atoms with E-state index in [1.54, 1.807) is 0 Å². The lowest BCUT2D eigenvalue weighted by molar-refractivity contribution is -0.127. The molecule has 1 aliphatic carbocycles. The number of hydrogen-bond acceptors (Lipinski definition) is 5. The molecule has 0 bridgehead atoms. The van der Waals surface area contributed by atoms with Gasteiger partial charge in [0.1, 0.15) is 24.9 Å². The van der Waals surface area contributed by atoms with Crippen molar-refractivity contribution < 1.29 is 20.5 Å². The van der Waals surface area contributed by atoms with Crippen LogP contribution in [0.1, 0.15) is 202 Å². The quantitative estimate of drug-likeness (QED) is 0.106. The van der Waals surface area contributed by atoms with Crippen molar-refractivity contribution in [2.24, 2.45) is 0 Å². The Morgan fingerprint density at radius 3 is 1.93 bits per heavy atom. The Balaban J connectivity index is 0. The first-order valence-corrected chi connectivity index (χ1v) is 23.4. The van der Waals surface area contributed by atoms with Gasteiger partial charge in [-0.15, -0.1) is 5.73 Å². The van der Waals surface area contributed by atoms with E-state index in [1.807, 2.05) is 62.2 Å². The van der Waals surface area contributed by atoms with Gasteiger partial charge in [0.25, 0.3) is 0 Å². The zero-order chi connectivity index (χ0) is 46.9. The van der Waals surface area contributed by atoms with Crippen LogP contribution in [0.4, 0.5) is 0 Å². The van der Waals surface area contributed by atoms with Gasteiger partial charge in [-0.3, -0.25) is 0 Å². The van der Waals surface area contributed by atoms with Crippen molar-refractivity contribution in [2.75, 3.05) is 6.61 Å². The van der Waals surface area contributed by atoms with Gasteiger partial charge in [-0.05, 0) is 90.7 Å². The summed E-state index contributed by atoms with van der Waals surface area (Å²) < 4.78 is 11.7. The van der Waals surface area contributed by atoms with E-state index >= 15 is 0 Å². The molecular formula is C56H87NO4. The van der Waals surface area contributed by atoms with Gasteiger partial charge in [0.05, 0.1) is 5.57 Å². The van der Waals surface area contributed by atoms with Gasteiger partial charge < -0.3 is 19.6 Å². The molecule has 3 heterocycles. The highest BCUT2D eigenvalue weighted by molar-refractivity contribution is 6.21. The lowest BCUT2D eigenvalue weighted by Gasteiger charge is -2.23. The Hall–Kier alpha value is -4.60. The number of unbranched alkanes of at least 4 members (excludes halogenated alkanes) is 1. The first-order chi connectivity index (χ1) is 29.3. The Morgan fingerprint density at radius 1 is 0.820 bits per heavy atom. The largest absolute Gasteiger partial charge is 0.488 e. The van der Waals surface area contributed by atoms with E-state index in [0.29, 0.717) is 12.2 Å². The van der Waals surface area contributed by atoms with E-state index in [2.05, 4.69) is 128 Å². The Kier molecular flexibility index (Phi) is 26.7. The fourth-order valence-corrected chi connectivity index (χ4v) is 6.94. The minimum absolute atomic E-state index is 0. The van der Waals surface area contributed by atoms with E-state index in [9.17, 15) is 4.79 Å². The molecule has 5 heteroatoms. The number of hydrogen-bond donors (Lipinski definition) is 1. The Bertz CT molecular complexity index is 1900. The maximum absolute atomic E-state index is 11.8. The highest BCUT2D eigenvalue weighted by atomic mass is 16.5. The monoisotopic (exact) mass is 838 g/mol. The second-order valence-corrected chi connectivity index (χ2v) is 15.9. The van der Waals surface area contributed by atoms with Gasteiger partial charge >= 0.3 is 5.97 Å². The van der Waals surface area contributed by atoms with Crippen molar-refractivity contribution in [3.8, 4) is 11.5 Å². The highest BCUT2D eigenvalue weighted by Gasteiger charge is 2.44. The summed E-state index contributed by atoms with van der Waals surface area (Å²) in [5.74, 6) is 1.53. The van der Waals surface area contributed by atoms with Crippen LogP contribution < -0.4 is 14.8 Å². The third-order valence-corrected chi connectivity index (χ3v) is 10.6. The first-order valence-electron chi connectivity index (χ1n) is 23.4. The average molecular weight is 838 g/mol. The summed E-state index contributed by atoms with van der Waals surface area (Å²) in [5, 5.41) is 3.61. The van der Waals surface area contributed by atoms with E-state index in [4.69, 9.17) is 14.3 Å². The molecule has 0 aromatic heterocycles. The number of rotatable bonds is 8. The number of ether oxygens (including phenoxy) is 2. The van der Waals surface area contributed by atoms with Crippen LogP contribution in [0.2, 0.25) is 0 Å². The predicted molar refractivity (Wildman–Crippen MR) is 269 cm³/mol. The maximum atomic E-state index is 11.8. The van der Waals surface area contributed by atoms with Gasteiger partial charge in [-0.2, -0.15) is 0 Å². The van der Waals surface area contributed by atoms with Crippen LogP contribution in [-0.4, -0.2) is 19.4 Å².